The molecule has 28 heavy (non-hydrogen) atoms. The van der Waals surface area contributed by atoms with Crippen molar-refractivity contribution in [3.63, 3.8) is 0 Å². The Kier molecular flexibility index (Phi) is 8.02. The van der Waals surface area contributed by atoms with Gasteiger partial charge in [0.05, 0.1) is 26.8 Å². The van der Waals surface area contributed by atoms with Crippen LogP contribution in [0.1, 0.15) is 24.1 Å². The lowest BCUT2D eigenvalue weighted by Crippen LogP contribution is -2.38. The summed E-state index contributed by atoms with van der Waals surface area (Å²) in [6.45, 7) is 6.52. The van der Waals surface area contributed by atoms with Gasteiger partial charge in [0.25, 0.3) is 0 Å². The van der Waals surface area contributed by atoms with Crippen molar-refractivity contribution < 1.29 is 18.7 Å². The van der Waals surface area contributed by atoms with Crippen LogP contribution < -0.4 is 14.8 Å². The largest absolute Gasteiger partial charge is 0.497 e. The molecule has 0 bridgehead atoms. The van der Waals surface area contributed by atoms with Crippen LogP contribution in [-0.2, 0) is 11.3 Å². The number of benzene rings is 2. The minimum absolute atomic E-state index is 0.122. The molecule has 0 saturated heterocycles. The van der Waals surface area contributed by atoms with Gasteiger partial charge in [0.1, 0.15) is 17.3 Å². The second-order valence-corrected chi connectivity index (χ2v) is 6.45. The van der Waals surface area contributed by atoms with E-state index in [1.54, 1.807) is 50.6 Å². The fourth-order valence-corrected chi connectivity index (χ4v) is 2.98. The molecule has 0 heterocycles. The Bertz CT molecular complexity index is 810. The zero-order chi connectivity index (χ0) is 20.5. The summed E-state index contributed by atoms with van der Waals surface area (Å²) < 4.78 is 24.6. The first-order valence-electron chi connectivity index (χ1n) is 9.06. The average Bonchev–Trinajstić information content (AvgIpc) is 2.69. The molecule has 1 unspecified atom stereocenters. The van der Waals surface area contributed by atoms with Crippen LogP contribution in [0, 0.1) is 5.82 Å². The predicted octanol–water partition coefficient (Wildman–Crippen LogP) is 3.71. The second-order valence-electron chi connectivity index (χ2n) is 6.45. The van der Waals surface area contributed by atoms with Crippen LogP contribution in [0.25, 0.3) is 0 Å². The Morgan fingerprint density at radius 2 is 2.00 bits per heavy atom. The highest BCUT2D eigenvalue weighted by atomic mass is 19.1. The summed E-state index contributed by atoms with van der Waals surface area (Å²) in [5.74, 6) is 0.898. The minimum Gasteiger partial charge on any atom is -0.497 e. The number of amides is 1. The normalized spacial score (nSPS) is 11.8. The maximum atomic E-state index is 13.9. The van der Waals surface area contributed by atoms with Crippen LogP contribution in [0.3, 0.4) is 0 Å². The summed E-state index contributed by atoms with van der Waals surface area (Å²) in [4.78, 5) is 14.4. The molecule has 1 N–H and O–H groups in total. The molecule has 0 fully saturated rings. The molecular weight excluding hydrogens is 359 g/mol. The number of carbonyl (C=O) groups is 1. The molecule has 0 spiro atoms. The van der Waals surface area contributed by atoms with Gasteiger partial charge in [0.2, 0.25) is 5.91 Å². The van der Waals surface area contributed by atoms with E-state index >= 15 is 0 Å². The first-order valence-corrected chi connectivity index (χ1v) is 9.06. The lowest BCUT2D eigenvalue weighted by molar-refractivity contribution is -0.122. The Balaban J connectivity index is 2.06. The van der Waals surface area contributed by atoms with Crippen molar-refractivity contribution in [2.45, 2.75) is 19.5 Å². The van der Waals surface area contributed by atoms with Crippen molar-refractivity contribution in [3.8, 4) is 11.5 Å². The number of hydrogen-bond donors (Lipinski definition) is 1. The number of carbonyl (C=O) groups excluding carboxylic acids is 1. The van der Waals surface area contributed by atoms with Gasteiger partial charge in [-0.05, 0) is 31.2 Å². The maximum absolute atomic E-state index is 13.9. The summed E-state index contributed by atoms with van der Waals surface area (Å²) in [6, 6.07) is 11.7. The molecule has 0 aromatic heterocycles. The molecule has 1 amide bonds. The zero-order valence-corrected chi connectivity index (χ0v) is 16.6. The molecule has 2 rings (SSSR count). The summed E-state index contributed by atoms with van der Waals surface area (Å²) in [6.07, 6.45) is 1.70. The lowest BCUT2D eigenvalue weighted by atomic mass is 10.1. The van der Waals surface area contributed by atoms with E-state index in [0.717, 1.165) is 5.56 Å². The molecule has 5 nitrogen and oxygen atoms in total. The van der Waals surface area contributed by atoms with Crippen LogP contribution in [0.4, 0.5) is 4.39 Å². The summed E-state index contributed by atoms with van der Waals surface area (Å²) >= 11 is 0. The molecular formula is C22H27FN2O3. The highest BCUT2D eigenvalue weighted by Gasteiger charge is 2.18. The van der Waals surface area contributed by atoms with Crippen molar-refractivity contribution >= 4 is 5.91 Å². The second kappa shape index (κ2) is 10.5. The number of hydrogen-bond acceptors (Lipinski definition) is 4. The Hall–Kier alpha value is -2.86. The van der Waals surface area contributed by atoms with Crippen molar-refractivity contribution in [2.75, 3.05) is 27.3 Å². The third-order valence-electron chi connectivity index (χ3n) is 4.39. The van der Waals surface area contributed by atoms with Gasteiger partial charge in [-0.1, -0.05) is 24.3 Å². The highest BCUT2D eigenvalue weighted by molar-refractivity contribution is 5.78. The van der Waals surface area contributed by atoms with Crippen LogP contribution in [0.2, 0.25) is 0 Å². The third kappa shape index (κ3) is 5.82. The Labute approximate surface area is 165 Å². The lowest BCUT2D eigenvalue weighted by Gasteiger charge is -2.23. The van der Waals surface area contributed by atoms with E-state index in [4.69, 9.17) is 9.47 Å². The average molecular weight is 386 g/mol. The van der Waals surface area contributed by atoms with E-state index in [1.807, 2.05) is 17.9 Å². The smallest absolute Gasteiger partial charge is 0.234 e. The van der Waals surface area contributed by atoms with Crippen molar-refractivity contribution in [2.24, 2.45) is 0 Å². The van der Waals surface area contributed by atoms with Gasteiger partial charge < -0.3 is 14.8 Å². The first-order chi connectivity index (χ1) is 13.5. The third-order valence-corrected chi connectivity index (χ3v) is 4.39. The summed E-state index contributed by atoms with van der Waals surface area (Å²) in [5.41, 5.74) is 1.36. The fraction of sp³-hybridized carbons (Fsp3) is 0.318. The molecule has 0 aliphatic heterocycles. The van der Waals surface area contributed by atoms with Crippen LogP contribution >= 0.6 is 0 Å². The Morgan fingerprint density at radius 3 is 2.64 bits per heavy atom. The summed E-state index contributed by atoms with van der Waals surface area (Å²) in [7, 11) is 3.17. The number of nitrogens with zero attached hydrogens (tertiary/aromatic N) is 1. The van der Waals surface area contributed by atoms with E-state index in [0.29, 0.717) is 30.2 Å². The fourth-order valence-electron chi connectivity index (χ4n) is 2.98. The Morgan fingerprint density at radius 1 is 1.25 bits per heavy atom. The molecule has 2 aromatic rings. The molecule has 0 saturated carbocycles. The molecule has 0 radical (unpaired) electrons. The van der Waals surface area contributed by atoms with E-state index in [2.05, 4.69) is 11.9 Å². The van der Waals surface area contributed by atoms with E-state index in [1.165, 1.54) is 6.07 Å². The standard InChI is InChI=1S/C22H27FN2O3/c1-5-12-25(14-17-8-6-7-9-20(17)23)15-22(26)24-16(2)19-13-18(27-3)10-11-21(19)28-4/h5-11,13,16H,1,12,14-15H2,2-4H3,(H,24,26). The van der Waals surface area contributed by atoms with Gasteiger partial charge in [0, 0.05) is 24.2 Å². The van der Waals surface area contributed by atoms with Crippen molar-refractivity contribution in [3.05, 3.63) is 72.1 Å². The maximum Gasteiger partial charge on any atom is 0.234 e. The monoisotopic (exact) mass is 386 g/mol. The van der Waals surface area contributed by atoms with Crippen LogP contribution in [0.5, 0.6) is 11.5 Å². The van der Waals surface area contributed by atoms with Gasteiger partial charge in [-0.15, -0.1) is 6.58 Å². The van der Waals surface area contributed by atoms with Crippen LogP contribution in [-0.4, -0.2) is 38.1 Å². The molecule has 6 heteroatoms. The van der Waals surface area contributed by atoms with Gasteiger partial charge in [0.15, 0.2) is 0 Å². The van der Waals surface area contributed by atoms with E-state index in [-0.39, 0.29) is 24.3 Å². The minimum atomic E-state index is -0.286. The summed E-state index contributed by atoms with van der Waals surface area (Å²) in [5, 5.41) is 2.97. The highest BCUT2D eigenvalue weighted by Crippen LogP contribution is 2.29. The molecule has 150 valence electrons. The van der Waals surface area contributed by atoms with Gasteiger partial charge in [-0.2, -0.15) is 0 Å². The van der Waals surface area contributed by atoms with Crippen LogP contribution in [0.15, 0.2) is 55.1 Å². The van der Waals surface area contributed by atoms with E-state index < -0.39 is 0 Å². The SMILES string of the molecule is C=CCN(CC(=O)NC(C)c1cc(OC)ccc1OC)Cc1ccccc1F. The van der Waals surface area contributed by atoms with Crippen molar-refractivity contribution in [1.29, 1.82) is 0 Å². The number of rotatable bonds is 10. The predicted molar refractivity (Wildman–Crippen MR) is 108 cm³/mol. The number of ether oxygens (including phenoxy) is 2. The zero-order valence-electron chi connectivity index (χ0n) is 16.6. The first kappa shape index (κ1) is 21.4. The van der Waals surface area contributed by atoms with Gasteiger partial charge >= 0.3 is 0 Å². The van der Waals surface area contributed by atoms with E-state index in [9.17, 15) is 9.18 Å². The number of halogens is 1. The molecule has 0 aliphatic rings. The topological polar surface area (TPSA) is 50.8 Å². The van der Waals surface area contributed by atoms with Crippen molar-refractivity contribution in [1.82, 2.24) is 10.2 Å². The number of methoxy groups -OCH3 is 2. The molecule has 0 aliphatic carbocycles. The molecule has 1 atom stereocenters. The number of nitrogens with one attached hydrogen (secondary N) is 1. The van der Waals surface area contributed by atoms with Gasteiger partial charge in [-0.25, -0.2) is 4.39 Å². The van der Waals surface area contributed by atoms with Gasteiger partial charge in [-0.3, -0.25) is 9.69 Å². The quantitative estimate of drug-likeness (QED) is 0.633. The molecule has 2 aromatic carbocycles.